The minimum absolute atomic E-state index is 0.0192. The molecule has 1 heterocycles. The maximum absolute atomic E-state index is 11.5. The number of carbonyl (C=O) groups is 1. The van der Waals surface area contributed by atoms with Crippen molar-refractivity contribution >= 4 is 22.4 Å². The van der Waals surface area contributed by atoms with Gasteiger partial charge in [-0.15, -0.1) is 0 Å². The van der Waals surface area contributed by atoms with Gasteiger partial charge >= 0.3 is 0 Å². The van der Waals surface area contributed by atoms with E-state index in [-0.39, 0.29) is 23.1 Å². The molecule has 19 heavy (non-hydrogen) atoms. The molecule has 1 fully saturated rings. The summed E-state index contributed by atoms with van der Waals surface area (Å²) in [7, 11) is 0.186. The van der Waals surface area contributed by atoms with Crippen LogP contribution in [0.15, 0.2) is 0 Å². The average molecular weight is 284 g/mol. The lowest BCUT2D eigenvalue weighted by Crippen LogP contribution is -2.48. The molecule has 1 aliphatic heterocycles. The lowest BCUT2D eigenvalue weighted by atomic mass is 9.82. The maximum Gasteiger partial charge on any atom is 0.192 e. The average Bonchev–Trinajstić information content (AvgIpc) is 2.52. The van der Waals surface area contributed by atoms with Crippen LogP contribution in [-0.4, -0.2) is 40.2 Å². The Kier molecular flexibility index (Phi) is 4.75. The minimum Gasteiger partial charge on any atom is -0.412 e. The smallest absolute Gasteiger partial charge is 0.192 e. The Hall–Kier alpha value is -0.128. The van der Waals surface area contributed by atoms with Gasteiger partial charge in [0.2, 0.25) is 0 Å². The van der Waals surface area contributed by atoms with Crippen LogP contribution in [0.1, 0.15) is 41.0 Å². The SMILES string of the molecule is B[C@@H]1O[C@](C=O)(CC)[C@@H](C)[C@H]1O[Si](C)(C)C(C)(C)C. The number of ether oxygens (including phenoxy) is 1. The zero-order valence-electron chi connectivity index (χ0n) is 13.7. The largest absolute Gasteiger partial charge is 0.412 e. The molecule has 0 radical (unpaired) electrons. The Morgan fingerprint density at radius 2 is 1.95 bits per heavy atom. The molecule has 0 amide bonds. The van der Waals surface area contributed by atoms with Gasteiger partial charge in [-0.25, -0.2) is 0 Å². The molecule has 0 aromatic heterocycles. The van der Waals surface area contributed by atoms with Crippen molar-refractivity contribution in [2.45, 2.75) is 76.9 Å². The third-order valence-corrected chi connectivity index (χ3v) is 9.59. The molecule has 1 saturated heterocycles. The molecule has 0 N–H and O–H groups in total. The molecule has 0 saturated carbocycles. The summed E-state index contributed by atoms with van der Waals surface area (Å²) >= 11 is 0. The normalized spacial score (nSPS) is 36.5. The highest BCUT2D eigenvalue weighted by molar-refractivity contribution is 6.74. The highest BCUT2D eigenvalue weighted by Gasteiger charge is 2.53. The van der Waals surface area contributed by atoms with Gasteiger partial charge in [0.05, 0.1) is 12.1 Å². The third kappa shape index (κ3) is 2.98. The first kappa shape index (κ1) is 16.9. The second-order valence-electron chi connectivity index (χ2n) is 7.38. The van der Waals surface area contributed by atoms with Crippen molar-refractivity contribution in [3.05, 3.63) is 0 Å². The van der Waals surface area contributed by atoms with E-state index in [2.05, 4.69) is 40.8 Å². The first-order chi connectivity index (χ1) is 8.50. The summed E-state index contributed by atoms with van der Waals surface area (Å²) in [4.78, 5) is 11.5. The Bertz CT molecular complexity index is 340. The van der Waals surface area contributed by atoms with Crippen LogP contribution < -0.4 is 0 Å². The molecular formula is C14H29BO3Si. The van der Waals surface area contributed by atoms with Crippen molar-refractivity contribution in [3.63, 3.8) is 0 Å². The van der Waals surface area contributed by atoms with Crippen molar-refractivity contribution < 1.29 is 14.0 Å². The predicted octanol–water partition coefficient (Wildman–Crippen LogP) is 2.35. The summed E-state index contributed by atoms with van der Waals surface area (Å²) in [5.41, 5.74) is -0.660. The monoisotopic (exact) mass is 284 g/mol. The van der Waals surface area contributed by atoms with Gasteiger partial charge in [-0.1, -0.05) is 34.6 Å². The van der Waals surface area contributed by atoms with Gasteiger partial charge in [0.15, 0.2) is 14.6 Å². The maximum atomic E-state index is 11.5. The highest BCUT2D eigenvalue weighted by Crippen LogP contribution is 2.43. The molecule has 4 atom stereocenters. The fraction of sp³-hybridized carbons (Fsp3) is 0.929. The van der Waals surface area contributed by atoms with Crippen LogP contribution in [0.3, 0.4) is 0 Å². The number of hydrogen-bond donors (Lipinski definition) is 0. The summed E-state index contributed by atoms with van der Waals surface area (Å²) in [5, 5.41) is 0.172. The summed E-state index contributed by atoms with van der Waals surface area (Å²) in [5.74, 6) is 0.110. The van der Waals surface area contributed by atoms with Crippen LogP contribution in [0, 0.1) is 5.92 Å². The molecule has 3 nitrogen and oxygen atoms in total. The van der Waals surface area contributed by atoms with Gasteiger partial charge in [0.25, 0.3) is 0 Å². The fourth-order valence-electron chi connectivity index (χ4n) is 2.54. The van der Waals surface area contributed by atoms with E-state index in [0.29, 0.717) is 6.42 Å². The number of hydrogen-bond acceptors (Lipinski definition) is 3. The van der Waals surface area contributed by atoms with E-state index in [0.717, 1.165) is 6.29 Å². The molecule has 0 bridgehead atoms. The molecule has 1 rings (SSSR count). The second-order valence-corrected chi connectivity index (χ2v) is 12.1. The Morgan fingerprint density at radius 1 is 1.42 bits per heavy atom. The Labute approximate surface area is 120 Å². The topological polar surface area (TPSA) is 35.5 Å². The highest BCUT2D eigenvalue weighted by atomic mass is 28.4. The summed E-state index contributed by atoms with van der Waals surface area (Å²) in [6.45, 7) is 15.3. The lowest BCUT2D eigenvalue weighted by molar-refractivity contribution is -0.130. The van der Waals surface area contributed by atoms with Crippen molar-refractivity contribution in [1.82, 2.24) is 0 Å². The van der Waals surface area contributed by atoms with Crippen LogP contribution in [-0.2, 0) is 14.0 Å². The van der Waals surface area contributed by atoms with E-state index in [4.69, 9.17) is 9.16 Å². The van der Waals surface area contributed by atoms with Gasteiger partial charge in [-0.3, -0.25) is 0 Å². The van der Waals surface area contributed by atoms with Crippen LogP contribution in [0.2, 0.25) is 18.1 Å². The van der Waals surface area contributed by atoms with Gasteiger partial charge in [-0.05, 0) is 24.6 Å². The Balaban J connectivity index is 2.95. The molecule has 0 aliphatic carbocycles. The summed E-state index contributed by atoms with van der Waals surface area (Å²) in [6, 6.07) is -0.0192. The van der Waals surface area contributed by atoms with Crippen molar-refractivity contribution in [1.29, 1.82) is 0 Å². The quantitative estimate of drug-likeness (QED) is 0.587. The van der Waals surface area contributed by atoms with Gasteiger partial charge in [0, 0.05) is 5.92 Å². The first-order valence-electron chi connectivity index (χ1n) is 7.32. The van der Waals surface area contributed by atoms with E-state index in [1.807, 2.05) is 14.8 Å². The minimum atomic E-state index is -1.84. The number of carbonyl (C=O) groups excluding carboxylic acids is 1. The summed E-state index contributed by atoms with van der Waals surface area (Å²) < 4.78 is 12.5. The molecule has 0 spiro atoms. The van der Waals surface area contributed by atoms with E-state index in [9.17, 15) is 4.79 Å². The molecule has 5 heteroatoms. The lowest BCUT2D eigenvalue weighted by Gasteiger charge is -2.40. The molecule has 0 unspecified atom stereocenters. The van der Waals surface area contributed by atoms with Crippen LogP contribution in [0.25, 0.3) is 0 Å². The van der Waals surface area contributed by atoms with Gasteiger partial charge < -0.3 is 14.0 Å². The Morgan fingerprint density at radius 3 is 2.26 bits per heavy atom. The van der Waals surface area contributed by atoms with Crippen molar-refractivity contribution in [2.24, 2.45) is 5.92 Å². The van der Waals surface area contributed by atoms with Crippen LogP contribution in [0.5, 0.6) is 0 Å². The fourth-order valence-corrected chi connectivity index (χ4v) is 3.97. The van der Waals surface area contributed by atoms with Crippen molar-refractivity contribution in [3.8, 4) is 0 Å². The standard InChI is InChI=1S/C14H29BO3Si/c1-8-14(9-16)10(2)11(12(15)17-14)18-19(6,7)13(3,4)5/h9-12H,8,15H2,1-7H3/t10-,11+,12+,14-/m0/s1. The van der Waals surface area contributed by atoms with E-state index in [1.54, 1.807) is 0 Å². The molecule has 110 valence electrons. The van der Waals surface area contributed by atoms with E-state index in [1.165, 1.54) is 0 Å². The first-order valence-corrected chi connectivity index (χ1v) is 10.2. The molecule has 0 aromatic rings. The van der Waals surface area contributed by atoms with Gasteiger partial charge in [0.1, 0.15) is 13.4 Å². The third-order valence-electron chi connectivity index (χ3n) is 5.12. The predicted molar refractivity (Wildman–Crippen MR) is 83.7 cm³/mol. The van der Waals surface area contributed by atoms with Crippen LogP contribution in [0.4, 0.5) is 0 Å². The molecule has 1 aliphatic rings. The number of aldehydes is 1. The van der Waals surface area contributed by atoms with E-state index < -0.39 is 13.9 Å². The summed E-state index contributed by atoms with van der Waals surface area (Å²) in [6.07, 6.45) is 1.70. The van der Waals surface area contributed by atoms with Crippen LogP contribution >= 0.6 is 0 Å². The van der Waals surface area contributed by atoms with E-state index >= 15 is 0 Å². The number of rotatable bonds is 4. The second kappa shape index (κ2) is 5.34. The van der Waals surface area contributed by atoms with Gasteiger partial charge in [-0.2, -0.15) is 0 Å². The van der Waals surface area contributed by atoms with Crippen molar-refractivity contribution in [2.75, 3.05) is 0 Å². The molecule has 0 aromatic carbocycles. The zero-order chi connectivity index (χ0) is 15.1. The molecular weight excluding hydrogens is 255 g/mol. The zero-order valence-corrected chi connectivity index (χ0v) is 14.7.